The number of hydrogen-bond donors (Lipinski definition) is 4. The molecule has 7 heteroatoms. The Morgan fingerprint density at radius 1 is 1.07 bits per heavy atom. The van der Waals surface area contributed by atoms with E-state index >= 15 is 0 Å². The molecule has 0 fully saturated rings. The molecule has 0 saturated carbocycles. The van der Waals surface area contributed by atoms with Crippen LogP contribution in [0.5, 0.6) is 5.75 Å². The number of rotatable bonds is 8. The topological polar surface area (TPSA) is 74.4 Å². The van der Waals surface area contributed by atoms with E-state index in [2.05, 4.69) is 40.5 Å². The van der Waals surface area contributed by atoms with E-state index in [-0.39, 0.29) is 12.5 Å². The fourth-order valence-electron chi connectivity index (χ4n) is 2.43. The fraction of sp³-hybridized carbons (Fsp3) is 0.300. The number of benzene rings is 2. The smallest absolute Gasteiger partial charge is 0.257 e. The van der Waals surface area contributed by atoms with Gasteiger partial charge in [0, 0.05) is 5.69 Å². The number of nitrogens with one attached hydrogen (secondary N) is 4. The molecule has 2 rings (SSSR count). The molecule has 0 atom stereocenters. The molecular weight excluding hydrogens is 360 g/mol. The molecule has 0 aliphatic carbocycles. The van der Waals surface area contributed by atoms with Crippen molar-refractivity contribution in [1.82, 2.24) is 10.9 Å². The molecule has 0 aliphatic rings. The average molecular weight is 387 g/mol. The first-order chi connectivity index (χ1) is 13.1. The number of thiocarbonyl (C=S) groups is 1. The van der Waals surface area contributed by atoms with Crippen LogP contribution in [-0.2, 0) is 11.2 Å². The summed E-state index contributed by atoms with van der Waals surface area (Å²) in [5.74, 6) is 0.429. The van der Waals surface area contributed by atoms with Gasteiger partial charge in [-0.05, 0) is 54.9 Å². The van der Waals surface area contributed by atoms with Gasteiger partial charge in [-0.2, -0.15) is 0 Å². The number of carbonyl (C=O) groups is 1. The van der Waals surface area contributed by atoms with Crippen LogP contribution in [0.2, 0.25) is 0 Å². The van der Waals surface area contributed by atoms with Crippen LogP contribution in [0.3, 0.4) is 0 Å². The summed E-state index contributed by atoms with van der Waals surface area (Å²) in [4.78, 5) is 12.0. The van der Waals surface area contributed by atoms with E-state index < -0.39 is 0 Å². The molecule has 0 aromatic heterocycles. The molecule has 0 radical (unpaired) electrons. The average Bonchev–Trinajstić information content (AvgIpc) is 2.70. The lowest BCUT2D eigenvalue weighted by Crippen LogP contribution is -2.45. The number of ether oxygens (including phenoxy) is 1. The van der Waals surface area contributed by atoms with Crippen LogP contribution in [0.4, 0.5) is 11.4 Å². The van der Waals surface area contributed by atoms with Crippen molar-refractivity contribution in [2.45, 2.75) is 26.2 Å². The molecule has 144 valence electrons. The molecule has 0 saturated heterocycles. The fourth-order valence-corrected chi connectivity index (χ4v) is 2.60. The molecular formula is C20H26N4O2S. The predicted octanol–water partition coefficient (Wildman–Crippen LogP) is 3.47. The monoisotopic (exact) mass is 386 g/mol. The summed E-state index contributed by atoms with van der Waals surface area (Å²) in [5, 5.41) is 6.38. The summed E-state index contributed by atoms with van der Waals surface area (Å²) < 4.78 is 5.23. The van der Waals surface area contributed by atoms with Gasteiger partial charge >= 0.3 is 0 Å². The maximum atomic E-state index is 12.0. The maximum absolute atomic E-state index is 12.0. The highest BCUT2D eigenvalue weighted by atomic mass is 32.1. The highest BCUT2D eigenvalue weighted by Gasteiger charge is 2.05. The second kappa shape index (κ2) is 11.0. The van der Waals surface area contributed by atoms with E-state index in [0.29, 0.717) is 10.9 Å². The molecule has 2 aromatic rings. The molecule has 6 nitrogen and oxygen atoms in total. The van der Waals surface area contributed by atoms with Gasteiger partial charge in [0.15, 0.2) is 5.11 Å². The van der Waals surface area contributed by atoms with Crippen molar-refractivity contribution >= 4 is 34.6 Å². The Bertz CT molecular complexity index is 750. The van der Waals surface area contributed by atoms with Gasteiger partial charge in [0.25, 0.3) is 5.91 Å². The molecule has 1 amide bonds. The first-order valence-electron chi connectivity index (χ1n) is 8.94. The zero-order valence-corrected chi connectivity index (χ0v) is 16.5. The molecule has 2 aromatic carbocycles. The predicted molar refractivity (Wildman–Crippen MR) is 114 cm³/mol. The summed E-state index contributed by atoms with van der Waals surface area (Å²) >= 11 is 5.20. The Hall–Kier alpha value is -2.80. The largest absolute Gasteiger partial charge is 0.495 e. The third-order valence-electron chi connectivity index (χ3n) is 3.89. The van der Waals surface area contributed by atoms with Crippen molar-refractivity contribution in [1.29, 1.82) is 0 Å². The highest BCUT2D eigenvalue weighted by molar-refractivity contribution is 7.80. The van der Waals surface area contributed by atoms with E-state index in [4.69, 9.17) is 17.0 Å². The summed E-state index contributed by atoms with van der Waals surface area (Å²) in [6.45, 7) is 2.27. The first kappa shape index (κ1) is 20.5. The lowest BCUT2D eigenvalue weighted by Gasteiger charge is -2.13. The van der Waals surface area contributed by atoms with Gasteiger partial charge in [-0.25, -0.2) is 0 Å². The standard InChI is InChI=1S/C20H26N4O2S/c1-3-4-7-15-10-12-16(13-11-15)22-20(27)24-23-19(25)14-21-17-8-5-6-9-18(17)26-2/h5-6,8-13,21H,3-4,7,14H2,1-2H3,(H,23,25)(H2,22,24,27). The molecule has 0 heterocycles. The van der Waals surface area contributed by atoms with Gasteiger partial charge in [0.2, 0.25) is 0 Å². The van der Waals surface area contributed by atoms with Gasteiger partial charge < -0.3 is 15.4 Å². The van der Waals surface area contributed by atoms with Gasteiger partial charge in [-0.3, -0.25) is 15.6 Å². The number of para-hydroxylation sites is 2. The van der Waals surface area contributed by atoms with Gasteiger partial charge in [-0.15, -0.1) is 0 Å². The van der Waals surface area contributed by atoms with Crippen LogP contribution in [0.15, 0.2) is 48.5 Å². The van der Waals surface area contributed by atoms with E-state index in [9.17, 15) is 4.79 Å². The van der Waals surface area contributed by atoms with Gasteiger partial charge in [0.1, 0.15) is 5.75 Å². The van der Waals surface area contributed by atoms with E-state index in [1.165, 1.54) is 18.4 Å². The van der Waals surface area contributed by atoms with Gasteiger partial charge in [0.05, 0.1) is 19.3 Å². The summed E-state index contributed by atoms with van der Waals surface area (Å²) in [7, 11) is 1.59. The maximum Gasteiger partial charge on any atom is 0.257 e. The van der Waals surface area contributed by atoms with Crippen LogP contribution >= 0.6 is 12.2 Å². The number of aryl methyl sites for hydroxylation is 1. The lowest BCUT2D eigenvalue weighted by molar-refractivity contribution is -0.119. The zero-order chi connectivity index (χ0) is 19.5. The van der Waals surface area contributed by atoms with Crippen molar-refractivity contribution < 1.29 is 9.53 Å². The first-order valence-corrected chi connectivity index (χ1v) is 9.35. The number of methoxy groups -OCH3 is 1. The third-order valence-corrected chi connectivity index (χ3v) is 4.10. The van der Waals surface area contributed by atoms with Crippen molar-refractivity contribution in [3.8, 4) is 5.75 Å². The summed E-state index contributed by atoms with van der Waals surface area (Å²) in [6, 6.07) is 15.5. The van der Waals surface area contributed by atoms with Crippen molar-refractivity contribution in [3.05, 3.63) is 54.1 Å². The Kier molecular flexibility index (Phi) is 8.38. The van der Waals surface area contributed by atoms with Crippen LogP contribution in [0, 0.1) is 0 Å². The zero-order valence-electron chi connectivity index (χ0n) is 15.7. The van der Waals surface area contributed by atoms with Crippen molar-refractivity contribution in [2.24, 2.45) is 0 Å². The lowest BCUT2D eigenvalue weighted by atomic mass is 10.1. The van der Waals surface area contributed by atoms with E-state index in [0.717, 1.165) is 17.8 Å². The number of hydrazine groups is 1. The Morgan fingerprint density at radius 3 is 2.52 bits per heavy atom. The molecule has 0 bridgehead atoms. The van der Waals surface area contributed by atoms with Crippen LogP contribution in [0.25, 0.3) is 0 Å². The molecule has 0 unspecified atom stereocenters. The van der Waals surface area contributed by atoms with Crippen molar-refractivity contribution in [2.75, 3.05) is 24.3 Å². The highest BCUT2D eigenvalue weighted by Crippen LogP contribution is 2.22. The molecule has 0 spiro atoms. The minimum absolute atomic E-state index is 0.0854. The minimum atomic E-state index is -0.250. The van der Waals surface area contributed by atoms with Crippen LogP contribution in [-0.4, -0.2) is 24.7 Å². The second-order valence-corrected chi connectivity index (χ2v) is 6.39. The number of amides is 1. The number of unbranched alkanes of at least 4 members (excludes halogenated alkanes) is 1. The third kappa shape index (κ3) is 7.15. The normalized spacial score (nSPS) is 10.0. The Labute approximate surface area is 165 Å². The Morgan fingerprint density at radius 2 is 1.81 bits per heavy atom. The number of hydrogen-bond acceptors (Lipinski definition) is 4. The molecule has 4 N–H and O–H groups in total. The summed E-state index contributed by atoms with van der Waals surface area (Å²) in [5.41, 5.74) is 8.17. The number of anilines is 2. The van der Waals surface area contributed by atoms with Crippen LogP contribution < -0.4 is 26.2 Å². The van der Waals surface area contributed by atoms with Gasteiger partial charge in [-0.1, -0.05) is 37.6 Å². The molecule has 27 heavy (non-hydrogen) atoms. The second-order valence-electron chi connectivity index (χ2n) is 5.98. The number of carbonyl (C=O) groups excluding carboxylic acids is 1. The van der Waals surface area contributed by atoms with E-state index in [1.807, 2.05) is 36.4 Å². The quantitative estimate of drug-likeness (QED) is 0.411. The van der Waals surface area contributed by atoms with Crippen molar-refractivity contribution in [3.63, 3.8) is 0 Å². The molecule has 0 aliphatic heterocycles. The SMILES string of the molecule is CCCCc1ccc(NC(=S)NNC(=O)CNc2ccccc2OC)cc1. The van der Waals surface area contributed by atoms with E-state index in [1.54, 1.807) is 7.11 Å². The minimum Gasteiger partial charge on any atom is -0.495 e. The summed E-state index contributed by atoms with van der Waals surface area (Å²) in [6.07, 6.45) is 3.44. The Balaban J connectivity index is 1.72. The van der Waals surface area contributed by atoms with Crippen LogP contribution in [0.1, 0.15) is 25.3 Å².